The minimum atomic E-state index is -3.62. The molecular weight excluding hydrogens is 414 g/mol. The summed E-state index contributed by atoms with van der Waals surface area (Å²) in [5.74, 6) is 0.102. The number of likely N-dealkylation sites (tertiary alicyclic amines) is 1. The predicted molar refractivity (Wildman–Crippen MR) is 120 cm³/mol. The van der Waals surface area contributed by atoms with Gasteiger partial charge in [-0.25, -0.2) is 8.42 Å². The number of benzene rings is 1. The van der Waals surface area contributed by atoms with E-state index in [1.54, 1.807) is 9.80 Å². The van der Waals surface area contributed by atoms with Crippen LogP contribution in [0.25, 0.3) is 0 Å². The number of carbonyl (C=O) groups is 2. The van der Waals surface area contributed by atoms with E-state index < -0.39 is 10.0 Å². The summed E-state index contributed by atoms with van der Waals surface area (Å²) >= 11 is 0. The van der Waals surface area contributed by atoms with Gasteiger partial charge in [-0.2, -0.15) is 4.31 Å². The first-order valence-electron chi connectivity index (χ1n) is 11.1. The fourth-order valence-electron chi connectivity index (χ4n) is 4.43. The normalized spacial score (nSPS) is 18.7. The molecule has 172 valence electrons. The summed E-state index contributed by atoms with van der Waals surface area (Å²) < 4.78 is 28.3. The highest BCUT2D eigenvalue weighted by molar-refractivity contribution is 7.89. The monoisotopic (exact) mass is 449 g/mol. The number of carbonyl (C=O) groups excluding carboxylic acids is 2. The van der Waals surface area contributed by atoms with Crippen molar-refractivity contribution >= 4 is 21.8 Å². The Balaban J connectivity index is 1.65. The summed E-state index contributed by atoms with van der Waals surface area (Å²) in [5.41, 5.74) is 2.59. The van der Waals surface area contributed by atoms with Crippen molar-refractivity contribution in [1.82, 2.24) is 14.1 Å². The van der Waals surface area contributed by atoms with Crippen LogP contribution in [-0.2, 0) is 25.0 Å². The summed E-state index contributed by atoms with van der Waals surface area (Å²) in [7, 11) is -3.62. The van der Waals surface area contributed by atoms with Crippen LogP contribution in [0.3, 0.4) is 0 Å². The molecule has 0 aliphatic carbocycles. The molecule has 1 aromatic carbocycles. The van der Waals surface area contributed by atoms with E-state index in [4.69, 9.17) is 0 Å². The molecule has 7 nitrogen and oxygen atoms in total. The highest BCUT2D eigenvalue weighted by atomic mass is 32.2. The first-order chi connectivity index (χ1) is 14.4. The summed E-state index contributed by atoms with van der Waals surface area (Å²) in [6.07, 6.45) is 1.73. The standard InChI is InChI=1S/C23H35N3O4S/c1-17-15-19(23(3,4)5)16-18(2)22(17)31(29,30)26-13-11-25(12-14-26)21(28)8-10-24-9-6-7-20(24)27/h15-16H,6-14H2,1-5H3. The number of nitrogens with zero attached hydrogens (tertiary/aromatic N) is 3. The number of aryl methyl sites for hydroxylation is 2. The second-order valence-electron chi connectivity index (χ2n) is 9.71. The van der Waals surface area contributed by atoms with Gasteiger partial charge in [0.25, 0.3) is 0 Å². The van der Waals surface area contributed by atoms with Crippen LogP contribution in [0.4, 0.5) is 0 Å². The van der Waals surface area contributed by atoms with Gasteiger partial charge in [-0.15, -0.1) is 0 Å². The largest absolute Gasteiger partial charge is 0.342 e. The van der Waals surface area contributed by atoms with Gasteiger partial charge < -0.3 is 9.80 Å². The molecule has 31 heavy (non-hydrogen) atoms. The Morgan fingerprint density at radius 2 is 1.58 bits per heavy atom. The second kappa shape index (κ2) is 8.90. The summed E-state index contributed by atoms with van der Waals surface area (Å²) in [6.45, 7) is 12.6. The van der Waals surface area contributed by atoms with Crippen molar-refractivity contribution in [2.24, 2.45) is 0 Å². The second-order valence-corrected chi connectivity index (χ2v) is 11.6. The maximum absolute atomic E-state index is 13.4. The molecule has 0 atom stereocenters. The van der Waals surface area contributed by atoms with E-state index in [9.17, 15) is 18.0 Å². The average molecular weight is 450 g/mol. The first-order valence-corrected chi connectivity index (χ1v) is 12.5. The molecule has 0 unspecified atom stereocenters. The van der Waals surface area contributed by atoms with E-state index in [-0.39, 0.29) is 30.3 Å². The van der Waals surface area contributed by atoms with Gasteiger partial charge in [0.2, 0.25) is 21.8 Å². The molecule has 0 spiro atoms. The van der Waals surface area contributed by atoms with Gasteiger partial charge in [-0.05, 0) is 42.4 Å². The molecule has 8 heteroatoms. The number of amides is 2. The van der Waals surface area contributed by atoms with Crippen LogP contribution < -0.4 is 0 Å². The van der Waals surface area contributed by atoms with E-state index in [1.807, 2.05) is 26.0 Å². The van der Waals surface area contributed by atoms with E-state index in [2.05, 4.69) is 20.8 Å². The lowest BCUT2D eigenvalue weighted by molar-refractivity contribution is -0.133. The Labute approximate surface area is 186 Å². The molecule has 3 rings (SSSR count). The molecule has 0 bridgehead atoms. The molecule has 2 aliphatic heterocycles. The Bertz CT molecular complexity index is 935. The van der Waals surface area contributed by atoms with Gasteiger partial charge in [0.15, 0.2) is 0 Å². The number of hydrogen-bond acceptors (Lipinski definition) is 4. The topological polar surface area (TPSA) is 78.0 Å². The van der Waals surface area contributed by atoms with E-state index >= 15 is 0 Å². The lowest BCUT2D eigenvalue weighted by atomic mass is 9.85. The van der Waals surface area contributed by atoms with Gasteiger partial charge >= 0.3 is 0 Å². The zero-order valence-corrected chi connectivity index (χ0v) is 20.2. The summed E-state index contributed by atoms with van der Waals surface area (Å²) in [6, 6.07) is 3.94. The summed E-state index contributed by atoms with van der Waals surface area (Å²) in [4.78, 5) is 28.1. The predicted octanol–water partition coefficient (Wildman–Crippen LogP) is 2.45. The van der Waals surface area contributed by atoms with Crippen LogP contribution in [0.2, 0.25) is 0 Å². The summed E-state index contributed by atoms with van der Waals surface area (Å²) in [5, 5.41) is 0. The van der Waals surface area contributed by atoms with E-state index in [1.165, 1.54) is 4.31 Å². The Kier molecular flexibility index (Phi) is 6.81. The molecular formula is C23H35N3O4S. The molecule has 2 heterocycles. The zero-order valence-electron chi connectivity index (χ0n) is 19.4. The quantitative estimate of drug-likeness (QED) is 0.692. The highest BCUT2D eigenvalue weighted by Gasteiger charge is 2.33. The smallest absolute Gasteiger partial charge is 0.243 e. The SMILES string of the molecule is Cc1cc(C(C)(C)C)cc(C)c1S(=O)(=O)N1CCN(C(=O)CCN2CCCC2=O)CC1. The van der Waals surface area contributed by atoms with Crippen LogP contribution in [-0.4, -0.2) is 73.6 Å². The Hall–Kier alpha value is -1.93. The van der Waals surface area contributed by atoms with Gasteiger partial charge in [0.1, 0.15) is 0 Å². The maximum atomic E-state index is 13.4. The number of piperazine rings is 1. The van der Waals surface area contributed by atoms with Crippen molar-refractivity contribution in [3.8, 4) is 0 Å². The first kappa shape index (κ1) is 23.7. The molecule has 2 amide bonds. The molecule has 2 fully saturated rings. The van der Waals surface area contributed by atoms with E-state index in [0.717, 1.165) is 29.7 Å². The minimum absolute atomic E-state index is 0.0151. The zero-order chi connectivity index (χ0) is 23.0. The van der Waals surface area contributed by atoms with Gasteiger partial charge in [-0.1, -0.05) is 32.9 Å². The van der Waals surface area contributed by atoms with Crippen molar-refractivity contribution in [2.45, 2.75) is 64.2 Å². The van der Waals surface area contributed by atoms with Crippen molar-refractivity contribution < 1.29 is 18.0 Å². The van der Waals surface area contributed by atoms with Crippen molar-refractivity contribution in [3.63, 3.8) is 0 Å². The van der Waals surface area contributed by atoms with Crippen LogP contribution in [0.1, 0.15) is 56.7 Å². The maximum Gasteiger partial charge on any atom is 0.243 e. The lowest BCUT2D eigenvalue weighted by Crippen LogP contribution is -2.51. The van der Waals surface area contributed by atoms with Gasteiger partial charge in [-0.3, -0.25) is 9.59 Å². The van der Waals surface area contributed by atoms with Gasteiger partial charge in [0, 0.05) is 52.1 Å². The van der Waals surface area contributed by atoms with Gasteiger partial charge in [0.05, 0.1) is 4.90 Å². The fourth-order valence-corrected chi connectivity index (χ4v) is 6.26. The lowest BCUT2D eigenvalue weighted by Gasteiger charge is -2.35. The molecule has 2 aliphatic rings. The van der Waals surface area contributed by atoms with Crippen LogP contribution in [0.15, 0.2) is 17.0 Å². The Morgan fingerprint density at radius 3 is 2.06 bits per heavy atom. The fraction of sp³-hybridized carbons (Fsp3) is 0.652. The van der Waals surface area contributed by atoms with Crippen molar-refractivity contribution in [3.05, 3.63) is 28.8 Å². The van der Waals surface area contributed by atoms with E-state index in [0.29, 0.717) is 37.4 Å². The molecule has 0 aromatic heterocycles. The third-order valence-electron chi connectivity index (χ3n) is 6.28. The third kappa shape index (κ3) is 5.12. The average Bonchev–Trinajstić information content (AvgIpc) is 3.09. The number of rotatable bonds is 5. The highest BCUT2D eigenvalue weighted by Crippen LogP contribution is 2.31. The molecule has 0 radical (unpaired) electrons. The molecule has 0 N–H and O–H groups in total. The van der Waals surface area contributed by atoms with Crippen molar-refractivity contribution in [2.75, 3.05) is 39.3 Å². The van der Waals surface area contributed by atoms with Crippen molar-refractivity contribution in [1.29, 1.82) is 0 Å². The van der Waals surface area contributed by atoms with Crippen LogP contribution in [0, 0.1) is 13.8 Å². The molecule has 1 aromatic rings. The Morgan fingerprint density at radius 1 is 1.00 bits per heavy atom. The van der Waals surface area contributed by atoms with Crippen LogP contribution >= 0.6 is 0 Å². The molecule has 0 saturated carbocycles. The number of hydrogen-bond donors (Lipinski definition) is 0. The van der Waals surface area contributed by atoms with Crippen LogP contribution in [0.5, 0.6) is 0 Å². The minimum Gasteiger partial charge on any atom is -0.342 e. The third-order valence-corrected chi connectivity index (χ3v) is 8.49. The number of sulfonamides is 1. The molecule has 2 saturated heterocycles.